The summed E-state index contributed by atoms with van der Waals surface area (Å²) in [6.07, 6.45) is 3.52. The highest BCUT2D eigenvalue weighted by Gasteiger charge is 2.63. The Bertz CT molecular complexity index is 480. The van der Waals surface area contributed by atoms with Crippen LogP contribution in [0.2, 0.25) is 0 Å². The second kappa shape index (κ2) is 6.81. The molecule has 7 heteroatoms. The van der Waals surface area contributed by atoms with Crippen LogP contribution >= 0.6 is 0 Å². The lowest BCUT2D eigenvalue weighted by Crippen LogP contribution is -2.63. The fraction of sp³-hybridized carbons (Fsp3) is 0.667. The van der Waals surface area contributed by atoms with Gasteiger partial charge < -0.3 is 14.2 Å². The summed E-state index contributed by atoms with van der Waals surface area (Å²) in [5.41, 5.74) is -1.20. The molecule has 0 spiro atoms. The number of alkyl carbamates (subject to hydrolysis) is 1. The smallest absolute Gasteiger partial charge is 0.409 e. The molecule has 122 valence electrons. The van der Waals surface area contributed by atoms with Gasteiger partial charge in [0.2, 0.25) is 0 Å². The van der Waals surface area contributed by atoms with E-state index in [9.17, 15) is 14.4 Å². The number of hydrogen-bond acceptors (Lipinski definition) is 6. The van der Waals surface area contributed by atoms with Crippen molar-refractivity contribution in [1.29, 1.82) is 0 Å². The monoisotopic (exact) mass is 311 g/mol. The van der Waals surface area contributed by atoms with Crippen molar-refractivity contribution in [1.82, 2.24) is 5.32 Å². The van der Waals surface area contributed by atoms with Gasteiger partial charge in [-0.1, -0.05) is 6.08 Å². The minimum absolute atomic E-state index is 0.0849. The summed E-state index contributed by atoms with van der Waals surface area (Å²) in [7, 11) is 0. The summed E-state index contributed by atoms with van der Waals surface area (Å²) in [6.45, 7) is 3.43. The van der Waals surface area contributed by atoms with E-state index in [1.165, 1.54) is 0 Å². The molecule has 1 unspecified atom stereocenters. The maximum absolute atomic E-state index is 12.4. The standard InChI is InChI=1S/C15H21NO6/c1-3-20-12(17)15(13(18)21-4-2)11(22-14(19)16-15)10-8-6-5-7-9-10/h8,11H,3-7,9H2,1-2H3,(H,16,19). The first kappa shape index (κ1) is 16.3. The zero-order valence-corrected chi connectivity index (χ0v) is 12.8. The predicted molar refractivity (Wildman–Crippen MR) is 76.0 cm³/mol. The van der Waals surface area contributed by atoms with Gasteiger partial charge in [-0.25, -0.2) is 14.4 Å². The maximum Gasteiger partial charge on any atom is 0.409 e. The van der Waals surface area contributed by atoms with Crippen molar-refractivity contribution in [3.8, 4) is 0 Å². The minimum Gasteiger partial charge on any atom is -0.464 e. The average molecular weight is 311 g/mol. The molecule has 1 heterocycles. The molecular formula is C15H21NO6. The number of amides is 1. The normalized spacial score (nSPS) is 23.1. The Morgan fingerprint density at radius 3 is 2.41 bits per heavy atom. The average Bonchev–Trinajstić information content (AvgIpc) is 2.87. The molecule has 2 aliphatic rings. The van der Waals surface area contributed by atoms with E-state index in [0.717, 1.165) is 24.8 Å². The van der Waals surface area contributed by atoms with E-state index in [-0.39, 0.29) is 13.2 Å². The van der Waals surface area contributed by atoms with Gasteiger partial charge in [-0.3, -0.25) is 5.32 Å². The zero-order chi connectivity index (χ0) is 16.2. The van der Waals surface area contributed by atoms with Gasteiger partial charge in [0.05, 0.1) is 13.2 Å². The van der Waals surface area contributed by atoms with Gasteiger partial charge in [-0.15, -0.1) is 0 Å². The third kappa shape index (κ3) is 2.80. The van der Waals surface area contributed by atoms with Gasteiger partial charge in [-0.2, -0.15) is 0 Å². The third-order valence-corrected chi connectivity index (χ3v) is 3.78. The lowest BCUT2D eigenvalue weighted by molar-refractivity contribution is -0.167. The minimum atomic E-state index is -1.95. The fourth-order valence-corrected chi connectivity index (χ4v) is 2.80. The van der Waals surface area contributed by atoms with E-state index in [1.54, 1.807) is 13.8 Å². The number of cyclic esters (lactones) is 1. The van der Waals surface area contributed by atoms with Gasteiger partial charge in [-0.05, 0) is 45.1 Å². The van der Waals surface area contributed by atoms with E-state index in [0.29, 0.717) is 6.42 Å². The summed E-state index contributed by atoms with van der Waals surface area (Å²) < 4.78 is 15.2. The largest absolute Gasteiger partial charge is 0.464 e. The second-order valence-electron chi connectivity index (χ2n) is 5.18. The molecule has 1 N–H and O–H groups in total. The van der Waals surface area contributed by atoms with Crippen molar-refractivity contribution in [3.05, 3.63) is 11.6 Å². The van der Waals surface area contributed by atoms with Crippen molar-refractivity contribution in [3.63, 3.8) is 0 Å². The molecule has 1 amide bonds. The van der Waals surface area contributed by atoms with Crippen LogP contribution in [0.1, 0.15) is 39.5 Å². The highest BCUT2D eigenvalue weighted by molar-refractivity contribution is 6.10. The molecule has 1 aliphatic carbocycles. The van der Waals surface area contributed by atoms with Crippen molar-refractivity contribution < 1.29 is 28.6 Å². The Hall–Kier alpha value is -2.05. The van der Waals surface area contributed by atoms with Crippen molar-refractivity contribution in [2.45, 2.75) is 51.2 Å². The first-order valence-corrected chi connectivity index (χ1v) is 7.58. The summed E-state index contributed by atoms with van der Waals surface area (Å²) in [4.78, 5) is 36.6. The van der Waals surface area contributed by atoms with E-state index in [4.69, 9.17) is 14.2 Å². The topological polar surface area (TPSA) is 90.9 Å². The Morgan fingerprint density at radius 2 is 1.91 bits per heavy atom. The second-order valence-corrected chi connectivity index (χ2v) is 5.18. The summed E-state index contributed by atoms with van der Waals surface area (Å²) >= 11 is 0. The number of carbonyl (C=O) groups is 3. The molecule has 1 saturated heterocycles. The molecular weight excluding hydrogens is 290 g/mol. The van der Waals surface area contributed by atoms with Crippen molar-refractivity contribution in [2.24, 2.45) is 0 Å². The van der Waals surface area contributed by atoms with E-state index < -0.39 is 29.7 Å². The molecule has 0 bridgehead atoms. The number of rotatable bonds is 5. The number of hydrogen-bond donors (Lipinski definition) is 1. The van der Waals surface area contributed by atoms with Crippen LogP contribution in [-0.4, -0.2) is 42.9 Å². The molecule has 1 atom stereocenters. The van der Waals surface area contributed by atoms with Crippen LogP contribution in [0.25, 0.3) is 0 Å². The summed E-state index contributed by atoms with van der Waals surface area (Å²) in [5.74, 6) is -1.70. The van der Waals surface area contributed by atoms with Crippen molar-refractivity contribution >= 4 is 18.0 Å². The molecule has 0 aromatic heterocycles. The van der Waals surface area contributed by atoms with E-state index >= 15 is 0 Å². The summed E-state index contributed by atoms with van der Waals surface area (Å²) in [6, 6.07) is 0. The molecule has 0 aromatic carbocycles. The van der Waals surface area contributed by atoms with Crippen LogP contribution in [0.15, 0.2) is 11.6 Å². The maximum atomic E-state index is 12.4. The molecule has 0 saturated carbocycles. The predicted octanol–water partition coefficient (Wildman–Crippen LogP) is 1.46. The van der Waals surface area contributed by atoms with Crippen LogP contribution in [0.4, 0.5) is 4.79 Å². The lowest BCUT2D eigenvalue weighted by atomic mass is 9.83. The highest BCUT2D eigenvalue weighted by Crippen LogP contribution is 2.34. The molecule has 22 heavy (non-hydrogen) atoms. The van der Waals surface area contributed by atoms with Gasteiger partial charge >= 0.3 is 18.0 Å². The number of ether oxygens (including phenoxy) is 3. The number of nitrogens with one attached hydrogen (secondary N) is 1. The number of carbonyl (C=O) groups excluding carboxylic acids is 3. The molecule has 0 aromatic rings. The van der Waals surface area contributed by atoms with Crippen LogP contribution in [-0.2, 0) is 23.8 Å². The number of allylic oxidation sites excluding steroid dienone is 1. The Kier molecular flexibility index (Phi) is 5.05. The summed E-state index contributed by atoms with van der Waals surface area (Å²) in [5, 5.41) is 2.33. The highest BCUT2D eigenvalue weighted by atomic mass is 16.6. The molecule has 1 aliphatic heterocycles. The van der Waals surface area contributed by atoms with Gasteiger partial charge in [0.15, 0.2) is 6.10 Å². The first-order valence-electron chi connectivity index (χ1n) is 7.58. The number of esters is 2. The molecule has 1 fully saturated rings. The van der Waals surface area contributed by atoms with Gasteiger partial charge in [0, 0.05) is 0 Å². The van der Waals surface area contributed by atoms with Crippen LogP contribution < -0.4 is 5.32 Å². The van der Waals surface area contributed by atoms with Gasteiger partial charge in [0.25, 0.3) is 5.54 Å². The van der Waals surface area contributed by atoms with Gasteiger partial charge in [0.1, 0.15) is 0 Å². The van der Waals surface area contributed by atoms with Crippen LogP contribution in [0.5, 0.6) is 0 Å². The Labute approximate surface area is 129 Å². The molecule has 0 radical (unpaired) electrons. The van der Waals surface area contributed by atoms with Crippen LogP contribution in [0, 0.1) is 0 Å². The Morgan fingerprint density at radius 1 is 1.27 bits per heavy atom. The third-order valence-electron chi connectivity index (χ3n) is 3.78. The lowest BCUT2D eigenvalue weighted by Gasteiger charge is -2.30. The zero-order valence-electron chi connectivity index (χ0n) is 12.8. The van der Waals surface area contributed by atoms with E-state index in [1.807, 2.05) is 6.08 Å². The first-order chi connectivity index (χ1) is 10.6. The molecule has 7 nitrogen and oxygen atoms in total. The molecule has 2 rings (SSSR count). The fourth-order valence-electron chi connectivity index (χ4n) is 2.80. The van der Waals surface area contributed by atoms with Crippen LogP contribution in [0.3, 0.4) is 0 Å². The Balaban J connectivity index is 2.42. The quantitative estimate of drug-likeness (QED) is 0.358. The van der Waals surface area contributed by atoms with E-state index in [2.05, 4.69) is 5.32 Å². The SMILES string of the molecule is CCOC(=O)C1(C(=O)OCC)NC(=O)OC1C1=CCCCC1. The van der Waals surface area contributed by atoms with Crippen molar-refractivity contribution in [2.75, 3.05) is 13.2 Å².